The van der Waals surface area contributed by atoms with Crippen LogP contribution in [0.3, 0.4) is 0 Å². The fourth-order valence-electron chi connectivity index (χ4n) is 2.56. The fourth-order valence-corrected chi connectivity index (χ4v) is 4.00. The average Bonchev–Trinajstić information content (AvgIpc) is 3.08. The Balaban J connectivity index is -0.000000172. The Labute approximate surface area is 293 Å². The van der Waals surface area contributed by atoms with Crippen molar-refractivity contribution in [3.8, 4) is 0 Å². The van der Waals surface area contributed by atoms with Gasteiger partial charge in [-0.05, 0) is 63.5 Å². The molecule has 0 radical (unpaired) electrons. The maximum Gasteiger partial charge on any atom is 0.407 e. The lowest BCUT2D eigenvalue weighted by Gasteiger charge is -2.18. The third kappa shape index (κ3) is 44.7. The van der Waals surface area contributed by atoms with Crippen molar-refractivity contribution < 1.29 is 19.7 Å². The molecule has 2 aliphatic heterocycles. The van der Waals surface area contributed by atoms with Gasteiger partial charge in [0.2, 0.25) is 0 Å². The first-order valence-electron chi connectivity index (χ1n) is 16.9. The second-order valence-electron chi connectivity index (χ2n) is 9.99. The number of unbranched alkanes of at least 4 members (excludes halogenated alkanes) is 1. The number of hydrogen-bond donors (Lipinski definition) is 5. The molecule has 12 heteroatoms. The summed E-state index contributed by atoms with van der Waals surface area (Å²) in [6.07, 6.45) is 3.62. The lowest BCUT2D eigenvalue weighted by Crippen LogP contribution is -2.26. The molecule has 0 atom stereocenters. The summed E-state index contributed by atoms with van der Waals surface area (Å²) in [7, 11) is 5.62. The number of nitrogens with zero attached hydrogens (tertiary/aromatic N) is 3. The molecule has 0 aromatic rings. The second kappa shape index (κ2) is 45.7. The normalized spacial score (nSPS) is 12.6. The summed E-state index contributed by atoms with van der Waals surface area (Å²) in [6, 6.07) is 0. The van der Waals surface area contributed by atoms with Gasteiger partial charge in [-0.1, -0.05) is 99.7 Å². The van der Waals surface area contributed by atoms with Crippen LogP contribution in [0.2, 0.25) is 0 Å². The number of hydrogen-bond acceptors (Lipinski definition) is 11. The van der Waals surface area contributed by atoms with Crippen molar-refractivity contribution in [1.29, 1.82) is 0 Å². The van der Waals surface area contributed by atoms with E-state index in [9.17, 15) is 4.79 Å². The van der Waals surface area contributed by atoms with Gasteiger partial charge in [0, 0.05) is 30.5 Å². The predicted octanol–water partition coefficient (Wildman–Crippen LogP) is 6.86. The van der Waals surface area contributed by atoms with Crippen molar-refractivity contribution in [2.45, 2.75) is 89.0 Å². The molecule has 10 nitrogen and oxygen atoms in total. The monoisotopic (exact) mass is 695 g/mol. The predicted molar refractivity (Wildman–Crippen MR) is 210 cm³/mol. The van der Waals surface area contributed by atoms with E-state index < -0.39 is 0 Å². The zero-order chi connectivity index (χ0) is 36.6. The van der Waals surface area contributed by atoms with E-state index in [2.05, 4.69) is 66.0 Å². The van der Waals surface area contributed by atoms with Crippen molar-refractivity contribution in [3.63, 3.8) is 0 Å². The average molecular weight is 695 g/mol. The maximum atomic E-state index is 11.3. The summed E-state index contributed by atoms with van der Waals surface area (Å²) in [5.41, 5.74) is 3.05. The van der Waals surface area contributed by atoms with Crippen LogP contribution in [0.4, 0.5) is 4.79 Å². The number of carbonyl (C=O) groups is 1. The van der Waals surface area contributed by atoms with E-state index in [0.717, 1.165) is 43.3 Å². The highest BCUT2D eigenvalue weighted by molar-refractivity contribution is 8.16. The molecule has 5 N–H and O–H groups in total. The lowest BCUT2D eigenvalue weighted by atomic mass is 10.2. The van der Waals surface area contributed by atoms with Gasteiger partial charge in [0.1, 0.15) is 6.61 Å². The SMILES string of the molecule is CC.CC.CC.CC(C)C.CC(C)C1=NCC(CN(C)CO)=CS1.CNCCCCNC(=O)OCC1=CCN=CS1.CNCCO. The Kier molecular flexibility index (Phi) is 53.7. The van der Waals surface area contributed by atoms with E-state index in [1.165, 1.54) is 22.4 Å². The summed E-state index contributed by atoms with van der Waals surface area (Å²) < 4.78 is 5.07. The molecule has 0 aromatic carbocycles. The Morgan fingerprint density at radius 1 is 0.957 bits per heavy atom. The highest BCUT2D eigenvalue weighted by Gasteiger charge is 2.11. The molecular formula is C34H74N6O4S2. The number of likely N-dealkylation sites (N-methyl/N-ethyl adjacent to an activating group) is 2. The molecule has 0 spiro atoms. The second-order valence-corrected chi connectivity index (χ2v) is 11.9. The molecule has 0 unspecified atom stereocenters. The molecule has 276 valence electrons. The molecule has 0 aliphatic carbocycles. The fraction of sp³-hybridized carbons (Fsp3) is 0.794. The number of aliphatic hydroxyl groups is 2. The largest absolute Gasteiger partial charge is 0.444 e. The molecule has 1 amide bonds. The molecule has 0 saturated carbocycles. The zero-order valence-corrected chi connectivity index (χ0v) is 33.7. The van der Waals surface area contributed by atoms with E-state index >= 15 is 0 Å². The van der Waals surface area contributed by atoms with E-state index in [1.807, 2.05) is 66.6 Å². The molecule has 46 heavy (non-hydrogen) atoms. The van der Waals surface area contributed by atoms with Gasteiger partial charge < -0.3 is 30.9 Å². The summed E-state index contributed by atoms with van der Waals surface area (Å²) in [4.78, 5) is 22.7. The molecule has 2 aliphatic rings. The third-order valence-corrected chi connectivity index (χ3v) is 6.66. The molecule has 2 heterocycles. The summed E-state index contributed by atoms with van der Waals surface area (Å²) in [5, 5.41) is 28.8. The number of nitrogens with one attached hydrogen (secondary N) is 3. The molecule has 0 fully saturated rings. The quantitative estimate of drug-likeness (QED) is 0.104. The van der Waals surface area contributed by atoms with Gasteiger partial charge in [0.15, 0.2) is 0 Å². The summed E-state index contributed by atoms with van der Waals surface area (Å²) >= 11 is 3.21. The standard InChI is InChI=1S/C11H19N3O2S.C10H18N2OS.C4H10.C3H9NO.3C2H6/c1-12-5-2-3-6-14-11(15)16-8-10-4-7-13-9-17-10;1-8(2)10-11-4-9(6-14-10)5-12(3)7-13;1-4(2)3;1-4-2-3-5;3*1-2/h4,9,12H,2-3,5-8H2,1H3,(H,14,15);6,8,13H,4-5,7H2,1-3H3;4H,1-3H3;4-5H,2-3H2,1H3;3*1-2H3. The zero-order valence-electron chi connectivity index (χ0n) is 32.0. The number of alkyl carbamates (subject to hydrolysis) is 1. The Hall–Kier alpha value is -1.41. The van der Waals surface area contributed by atoms with Crippen LogP contribution in [-0.2, 0) is 4.74 Å². The highest BCUT2D eigenvalue weighted by Crippen LogP contribution is 2.21. The Bertz CT molecular complexity index is 744. The third-order valence-electron chi connectivity index (χ3n) is 4.53. The number of thioether (sulfide) groups is 2. The minimum atomic E-state index is -0.349. The van der Waals surface area contributed by atoms with Crippen molar-refractivity contribution in [2.75, 3.05) is 80.4 Å². The minimum Gasteiger partial charge on any atom is -0.444 e. The topological polar surface area (TPSA) is 131 Å². The van der Waals surface area contributed by atoms with E-state index in [1.54, 1.807) is 24.4 Å². The molecule has 0 aromatic heterocycles. The van der Waals surface area contributed by atoms with E-state index in [0.29, 0.717) is 32.2 Å². The van der Waals surface area contributed by atoms with Crippen molar-refractivity contribution in [2.24, 2.45) is 21.8 Å². The van der Waals surface area contributed by atoms with Gasteiger partial charge in [-0.25, -0.2) is 4.79 Å². The van der Waals surface area contributed by atoms with Gasteiger partial charge in [-0.15, -0.1) is 0 Å². The molecule has 0 bridgehead atoms. The highest BCUT2D eigenvalue weighted by atomic mass is 32.2. The van der Waals surface area contributed by atoms with Gasteiger partial charge in [0.25, 0.3) is 0 Å². The molecule has 0 saturated heterocycles. The smallest absolute Gasteiger partial charge is 0.407 e. The number of carbonyl (C=O) groups excluding carboxylic acids is 1. The first-order valence-corrected chi connectivity index (χ1v) is 18.7. The number of ether oxygens (including phenoxy) is 1. The van der Waals surface area contributed by atoms with Crippen LogP contribution < -0.4 is 16.0 Å². The Morgan fingerprint density at radius 3 is 1.91 bits per heavy atom. The van der Waals surface area contributed by atoms with Crippen LogP contribution in [0, 0.1) is 11.8 Å². The first kappa shape index (κ1) is 54.1. The van der Waals surface area contributed by atoms with Gasteiger partial charge in [-0.3, -0.25) is 14.9 Å². The van der Waals surface area contributed by atoms with Crippen molar-refractivity contribution >= 4 is 40.2 Å². The number of amides is 1. The summed E-state index contributed by atoms with van der Waals surface area (Å²) in [6.45, 7) is 28.1. The van der Waals surface area contributed by atoms with Gasteiger partial charge in [-0.2, -0.15) is 0 Å². The van der Waals surface area contributed by atoms with Gasteiger partial charge in [0.05, 0.1) is 37.0 Å². The number of rotatable bonds is 13. The van der Waals surface area contributed by atoms with Crippen molar-refractivity contribution in [1.82, 2.24) is 20.9 Å². The van der Waals surface area contributed by atoms with Crippen LogP contribution >= 0.6 is 23.5 Å². The molecule has 2 rings (SSSR count). The van der Waals surface area contributed by atoms with Gasteiger partial charge >= 0.3 is 6.09 Å². The first-order chi connectivity index (χ1) is 22.1. The lowest BCUT2D eigenvalue weighted by molar-refractivity contribution is 0.141. The van der Waals surface area contributed by atoms with E-state index in [-0.39, 0.29) is 19.4 Å². The van der Waals surface area contributed by atoms with Crippen molar-refractivity contribution in [3.05, 3.63) is 22.0 Å². The van der Waals surface area contributed by atoms with Crippen LogP contribution in [0.5, 0.6) is 0 Å². The molecular weight excluding hydrogens is 621 g/mol. The maximum absolute atomic E-state index is 11.3. The Morgan fingerprint density at radius 2 is 1.52 bits per heavy atom. The van der Waals surface area contributed by atoms with Crippen LogP contribution in [0.15, 0.2) is 31.9 Å². The minimum absolute atomic E-state index is 0.1000. The van der Waals surface area contributed by atoms with Crippen LogP contribution in [-0.4, -0.2) is 112 Å². The number of aliphatic imine (C=N–C) groups is 2. The van der Waals surface area contributed by atoms with Crippen LogP contribution in [0.1, 0.15) is 89.0 Å². The van der Waals surface area contributed by atoms with Crippen LogP contribution in [0.25, 0.3) is 0 Å². The summed E-state index contributed by atoms with van der Waals surface area (Å²) in [5.74, 6) is 1.35. The van der Waals surface area contributed by atoms with E-state index in [4.69, 9.17) is 14.9 Å². The number of aliphatic hydroxyl groups excluding tert-OH is 2.